The van der Waals surface area contributed by atoms with Crippen LogP contribution in [0, 0.1) is 5.92 Å². The minimum atomic E-state index is -4.07. The molecule has 16 heavy (non-hydrogen) atoms. The third kappa shape index (κ3) is 3.94. The van der Waals surface area contributed by atoms with Crippen molar-refractivity contribution in [1.29, 1.82) is 0 Å². The van der Waals surface area contributed by atoms with Crippen molar-refractivity contribution in [3.8, 4) is 0 Å². The van der Waals surface area contributed by atoms with E-state index in [1.54, 1.807) is 0 Å². The van der Waals surface area contributed by atoms with Crippen molar-refractivity contribution >= 4 is 0 Å². The minimum Gasteiger partial charge on any atom is -0.298 e. The van der Waals surface area contributed by atoms with Gasteiger partial charge in [0.2, 0.25) is 0 Å². The molecule has 0 aromatic rings. The molecule has 0 spiro atoms. The first-order chi connectivity index (χ1) is 7.33. The maximum absolute atomic E-state index is 12.3. The monoisotopic (exact) mass is 238 g/mol. The molecule has 1 rings (SSSR count). The van der Waals surface area contributed by atoms with Crippen LogP contribution in [0.15, 0.2) is 0 Å². The molecule has 0 N–H and O–H groups in total. The lowest BCUT2D eigenvalue weighted by Gasteiger charge is -2.43. The van der Waals surface area contributed by atoms with Crippen LogP contribution in [0.4, 0.5) is 13.2 Å². The van der Waals surface area contributed by atoms with Crippen molar-refractivity contribution in [2.45, 2.75) is 33.0 Å². The lowest BCUT2D eigenvalue weighted by molar-refractivity contribution is -0.152. The summed E-state index contributed by atoms with van der Waals surface area (Å²) >= 11 is 0. The summed E-state index contributed by atoms with van der Waals surface area (Å²) in [6.45, 7) is 8.16. The van der Waals surface area contributed by atoms with Crippen LogP contribution in [0.3, 0.4) is 0 Å². The third-order valence-corrected chi connectivity index (χ3v) is 3.20. The molecule has 1 aliphatic rings. The van der Waals surface area contributed by atoms with E-state index < -0.39 is 12.7 Å². The first-order valence-corrected chi connectivity index (χ1v) is 5.86. The second-order valence-corrected chi connectivity index (χ2v) is 4.79. The van der Waals surface area contributed by atoms with Gasteiger partial charge in [0.05, 0.1) is 6.54 Å². The van der Waals surface area contributed by atoms with Gasteiger partial charge in [0, 0.05) is 25.7 Å². The summed E-state index contributed by atoms with van der Waals surface area (Å²) in [5.41, 5.74) is 0. The van der Waals surface area contributed by atoms with Gasteiger partial charge in [0.15, 0.2) is 0 Å². The van der Waals surface area contributed by atoms with E-state index in [0.29, 0.717) is 19.0 Å². The molecule has 5 heteroatoms. The molecule has 0 bridgehead atoms. The SMILES string of the molecule is CCN1CCN(CC(F)(F)F)C[C@@H]1C(C)C. The fourth-order valence-electron chi connectivity index (χ4n) is 2.33. The van der Waals surface area contributed by atoms with Crippen LogP contribution in [0.5, 0.6) is 0 Å². The smallest absolute Gasteiger partial charge is 0.298 e. The molecule has 0 saturated carbocycles. The van der Waals surface area contributed by atoms with E-state index in [0.717, 1.165) is 13.1 Å². The normalized spacial score (nSPS) is 25.3. The van der Waals surface area contributed by atoms with Crippen molar-refractivity contribution < 1.29 is 13.2 Å². The van der Waals surface area contributed by atoms with Gasteiger partial charge in [-0.3, -0.25) is 9.80 Å². The fourth-order valence-corrected chi connectivity index (χ4v) is 2.33. The van der Waals surface area contributed by atoms with E-state index >= 15 is 0 Å². The molecule has 0 aromatic carbocycles. The average Bonchev–Trinajstić information content (AvgIpc) is 2.15. The molecule has 0 radical (unpaired) electrons. The van der Waals surface area contributed by atoms with E-state index in [-0.39, 0.29) is 6.04 Å². The molecule has 1 heterocycles. The highest BCUT2D eigenvalue weighted by Crippen LogP contribution is 2.21. The van der Waals surface area contributed by atoms with Gasteiger partial charge in [-0.1, -0.05) is 20.8 Å². The molecule has 2 nitrogen and oxygen atoms in total. The molecule has 1 atom stereocenters. The van der Waals surface area contributed by atoms with Crippen LogP contribution in [-0.2, 0) is 0 Å². The summed E-state index contributed by atoms with van der Waals surface area (Å²) < 4.78 is 36.9. The maximum Gasteiger partial charge on any atom is 0.401 e. The van der Waals surface area contributed by atoms with Crippen LogP contribution in [0.2, 0.25) is 0 Å². The van der Waals surface area contributed by atoms with Gasteiger partial charge in [-0.15, -0.1) is 0 Å². The minimum absolute atomic E-state index is 0.251. The zero-order valence-corrected chi connectivity index (χ0v) is 10.2. The number of piperazine rings is 1. The number of likely N-dealkylation sites (N-methyl/N-ethyl adjacent to an activating group) is 1. The topological polar surface area (TPSA) is 6.48 Å². The molecule has 0 unspecified atom stereocenters. The van der Waals surface area contributed by atoms with E-state index in [1.807, 2.05) is 0 Å². The number of halogens is 3. The maximum atomic E-state index is 12.3. The largest absolute Gasteiger partial charge is 0.401 e. The second kappa shape index (κ2) is 5.36. The fraction of sp³-hybridized carbons (Fsp3) is 1.00. The quantitative estimate of drug-likeness (QED) is 0.744. The highest BCUT2D eigenvalue weighted by molar-refractivity contribution is 4.84. The standard InChI is InChI=1S/C11H21F3N2/c1-4-16-6-5-15(8-11(12,13)14)7-10(16)9(2)3/h9-10H,4-8H2,1-3H3/t10-/m1/s1. The lowest BCUT2D eigenvalue weighted by atomic mass is 9.99. The molecule has 96 valence electrons. The number of alkyl halides is 3. The Balaban J connectivity index is 2.55. The van der Waals surface area contributed by atoms with Crippen molar-refractivity contribution in [2.75, 3.05) is 32.7 Å². The summed E-state index contributed by atoms with van der Waals surface area (Å²) in [6, 6.07) is 0.251. The van der Waals surface area contributed by atoms with Crippen LogP contribution < -0.4 is 0 Å². The Bertz CT molecular complexity index is 216. The molecule has 0 aromatic heterocycles. The molecular formula is C11H21F3N2. The summed E-state index contributed by atoms with van der Waals surface area (Å²) in [5.74, 6) is 0.399. The van der Waals surface area contributed by atoms with E-state index in [2.05, 4.69) is 25.7 Å². The molecule has 0 amide bonds. The Morgan fingerprint density at radius 1 is 1.25 bits per heavy atom. The molecule has 1 saturated heterocycles. The Kier molecular flexibility index (Phi) is 4.62. The van der Waals surface area contributed by atoms with E-state index in [1.165, 1.54) is 4.90 Å². The summed E-state index contributed by atoms with van der Waals surface area (Å²) in [6.07, 6.45) is -4.07. The highest BCUT2D eigenvalue weighted by Gasteiger charge is 2.35. The summed E-state index contributed by atoms with van der Waals surface area (Å²) in [4.78, 5) is 3.80. The zero-order valence-electron chi connectivity index (χ0n) is 10.2. The summed E-state index contributed by atoms with van der Waals surface area (Å²) in [7, 11) is 0. The Hall–Kier alpha value is -0.290. The van der Waals surface area contributed by atoms with Gasteiger partial charge in [-0.25, -0.2) is 0 Å². The Labute approximate surface area is 95.4 Å². The van der Waals surface area contributed by atoms with Gasteiger partial charge in [-0.2, -0.15) is 13.2 Å². The number of rotatable bonds is 3. The highest BCUT2D eigenvalue weighted by atomic mass is 19.4. The Morgan fingerprint density at radius 3 is 2.31 bits per heavy atom. The van der Waals surface area contributed by atoms with Crippen molar-refractivity contribution in [2.24, 2.45) is 5.92 Å². The van der Waals surface area contributed by atoms with Crippen molar-refractivity contribution in [3.05, 3.63) is 0 Å². The zero-order chi connectivity index (χ0) is 12.3. The number of hydrogen-bond acceptors (Lipinski definition) is 2. The first-order valence-electron chi connectivity index (χ1n) is 5.86. The molecular weight excluding hydrogens is 217 g/mol. The van der Waals surface area contributed by atoms with Crippen LogP contribution in [0.25, 0.3) is 0 Å². The Morgan fingerprint density at radius 2 is 1.88 bits per heavy atom. The van der Waals surface area contributed by atoms with Gasteiger partial charge >= 0.3 is 6.18 Å². The third-order valence-electron chi connectivity index (χ3n) is 3.20. The lowest BCUT2D eigenvalue weighted by Crippen LogP contribution is -2.56. The van der Waals surface area contributed by atoms with Gasteiger partial charge < -0.3 is 0 Å². The van der Waals surface area contributed by atoms with Crippen LogP contribution in [-0.4, -0.2) is 54.7 Å². The predicted octanol–water partition coefficient (Wildman–Crippen LogP) is 2.21. The number of nitrogens with zero attached hydrogens (tertiary/aromatic N) is 2. The van der Waals surface area contributed by atoms with Crippen LogP contribution in [0.1, 0.15) is 20.8 Å². The van der Waals surface area contributed by atoms with Crippen LogP contribution >= 0.6 is 0 Å². The van der Waals surface area contributed by atoms with Crippen molar-refractivity contribution in [1.82, 2.24) is 9.80 Å². The molecule has 1 aliphatic heterocycles. The molecule has 0 aliphatic carbocycles. The predicted molar refractivity (Wildman–Crippen MR) is 58.4 cm³/mol. The van der Waals surface area contributed by atoms with Crippen molar-refractivity contribution in [3.63, 3.8) is 0 Å². The second-order valence-electron chi connectivity index (χ2n) is 4.79. The van der Waals surface area contributed by atoms with Gasteiger partial charge in [0.1, 0.15) is 0 Å². The van der Waals surface area contributed by atoms with Gasteiger partial charge in [0.25, 0.3) is 0 Å². The van der Waals surface area contributed by atoms with E-state index in [9.17, 15) is 13.2 Å². The summed E-state index contributed by atoms with van der Waals surface area (Å²) in [5, 5.41) is 0. The molecule has 1 fully saturated rings. The van der Waals surface area contributed by atoms with Gasteiger partial charge in [-0.05, 0) is 12.5 Å². The average molecular weight is 238 g/mol. The number of hydrogen-bond donors (Lipinski definition) is 0. The first kappa shape index (κ1) is 13.8. The van der Waals surface area contributed by atoms with E-state index in [4.69, 9.17) is 0 Å².